The number of allylic oxidation sites excluding steroid dienone is 1. The Bertz CT molecular complexity index is 6130. The molecule has 92 heavy (non-hydrogen) atoms. The topological polar surface area (TPSA) is 45.5 Å². The summed E-state index contributed by atoms with van der Waals surface area (Å²) in [6.07, 6.45) is 5.63. The van der Waals surface area contributed by atoms with E-state index in [-0.39, 0.29) is 5.92 Å². The minimum Gasteiger partial charge on any atom is -0.310 e. The van der Waals surface area contributed by atoms with E-state index < -0.39 is 0 Å². The second kappa shape index (κ2) is 19.7. The van der Waals surface area contributed by atoms with Gasteiger partial charge in [0.2, 0.25) is 0 Å². The molecule has 1 unspecified atom stereocenters. The lowest BCUT2D eigenvalue weighted by Gasteiger charge is -2.22. The number of fused-ring (bicyclic) bond motifs is 15. The van der Waals surface area contributed by atoms with Gasteiger partial charge in [-0.2, -0.15) is 0 Å². The molecule has 0 saturated heterocycles. The van der Waals surface area contributed by atoms with E-state index in [1.165, 1.54) is 115 Å². The number of benzene rings is 13. The third-order valence-electron chi connectivity index (χ3n) is 19.9. The standard InChI is InChI=1S/C86H54N6/c1-3-23-56(24-4-1)89-70-37-11-7-27-64(70)79-60(31-17-41-74(79)89)62-33-19-43-76-81(62)66-29-9-13-39-72(66)91(76)58-49-45-54(46-50-58)84-83-68-35-15-21-53-22-16-36-69(78(53)68)85(83)88-86(87-84)55-47-51-59(52-48-55)92-73-40-14-10-30-67(73)82-63(34-20-44-77(82)92)61-32-18-42-75-80(61)65-28-8-12-38-71(65)90(75)57-25-5-2-6-26-57/h1-31,33-52,61H,32H2. The van der Waals surface area contributed by atoms with Crippen LogP contribution in [0.2, 0.25) is 0 Å². The molecule has 5 aromatic heterocycles. The largest absolute Gasteiger partial charge is 0.310 e. The van der Waals surface area contributed by atoms with E-state index in [1.807, 2.05) is 0 Å². The summed E-state index contributed by atoms with van der Waals surface area (Å²) < 4.78 is 9.73. The van der Waals surface area contributed by atoms with Crippen LogP contribution in [0.25, 0.3) is 172 Å². The van der Waals surface area contributed by atoms with Gasteiger partial charge in [-0.1, -0.05) is 200 Å². The highest BCUT2D eigenvalue weighted by molar-refractivity contribution is 6.23. The number of aromatic nitrogens is 6. The SMILES string of the molecule is C1=Cc2c(c3ccccc3n2-c2ccccc2)C(c2cccc3c2c2ccccc2n3-c2ccc(-c3nc(-c4ccc(-n5c6ccccc6c6c(-c7cccc8c7c7ccccc7n8-c7ccccc7)cccc65)cc4)c4c(n3)-c3cccc5cccc-4c35)cc2)C1. The second-order valence-electron chi connectivity index (χ2n) is 24.6. The molecule has 2 aliphatic rings. The minimum atomic E-state index is 0.157. The first kappa shape index (κ1) is 50.8. The predicted molar refractivity (Wildman–Crippen MR) is 382 cm³/mol. The maximum Gasteiger partial charge on any atom is 0.160 e. The zero-order valence-electron chi connectivity index (χ0n) is 49.9. The van der Waals surface area contributed by atoms with E-state index in [1.54, 1.807) is 0 Å². The summed E-state index contributed by atoms with van der Waals surface area (Å²) in [5.41, 5.74) is 26.4. The van der Waals surface area contributed by atoms with Crippen molar-refractivity contribution in [1.82, 2.24) is 28.2 Å². The molecule has 5 heterocycles. The first-order chi connectivity index (χ1) is 45.7. The number of nitrogens with zero attached hydrogens (tertiary/aromatic N) is 6. The molecule has 6 nitrogen and oxygen atoms in total. The highest BCUT2D eigenvalue weighted by Crippen LogP contribution is 2.52. The van der Waals surface area contributed by atoms with Gasteiger partial charge in [-0.15, -0.1) is 0 Å². The van der Waals surface area contributed by atoms with Crippen molar-refractivity contribution in [3.63, 3.8) is 0 Å². The van der Waals surface area contributed by atoms with Crippen molar-refractivity contribution in [2.45, 2.75) is 12.3 Å². The average molecular weight is 1170 g/mol. The van der Waals surface area contributed by atoms with Crippen molar-refractivity contribution in [1.29, 1.82) is 0 Å². The van der Waals surface area contributed by atoms with E-state index in [0.29, 0.717) is 5.82 Å². The smallest absolute Gasteiger partial charge is 0.160 e. The molecule has 0 amide bonds. The number of hydrogen-bond acceptors (Lipinski definition) is 2. The van der Waals surface area contributed by atoms with E-state index in [4.69, 9.17) is 9.97 Å². The Kier molecular flexibility index (Phi) is 10.9. The van der Waals surface area contributed by atoms with Crippen LogP contribution < -0.4 is 0 Å². The van der Waals surface area contributed by atoms with Gasteiger partial charge in [0.25, 0.3) is 0 Å². The van der Waals surface area contributed by atoms with E-state index in [2.05, 4.69) is 328 Å². The number of hydrogen-bond donors (Lipinski definition) is 0. The molecule has 0 radical (unpaired) electrons. The van der Waals surface area contributed by atoms with E-state index >= 15 is 0 Å². The zero-order valence-corrected chi connectivity index (χ0v) is 49.9. The summed E-state index contributed by atoms with van der Waals surface area (Å²) in [5, 5.41) is 11.2. The van der Waals surface area contributed by atoms with Gasteiger partial charge in [-0.05, 0) is 154 Å². The Labute approximate surface area is 529 Å². The summed E-state index contributed by atoms with van der Waals surface area (Å²) in [4.78, 5) is 11.2. The lowest BCUT2D eigenvalue weighted by molar-refractivity contribution is 0.826. The number of rotatable bonds is 8. The number of para-hydroxylation sites is 6. The highest BCUT2D eigenvalue weighted by atomic mass is 15.0. The fourth-order valence-corrected chi connectivity index (χ4v) is 16.1. The monoisotopic (exact) mass is 1170 g/mol. The molecule has 428 valence electrons. The lowest BCUT2D eigenvalue weighted by atomic mass is 9.82. The quantitative estimate of drug-likeness (QED) is 0.152. The molecular weight excluding hydrogens is 1120 g/mol. The van der Waals surface area contributed by atoms with Gasteiger partial charge in [0.15, 0.2) is 5.82 Å². The Morgan fingerprint density at radius 2 is 0.717 bits per heavy atom. The van der Waals surface area contributed by atoms with Crippen molar-refractivity contribution >= 4 is 93.2 Å². The molecule has 0 N–H and O–H groups in total. The zero-order chi connectivity index (χ0) is 60.1. The van der Waals surface area contributed by atoms with Gasteiger partial charge in [0, 0.05) is 88.6 Å². The summed E-state index contributed by atoms with van der Waals surface area (Å²) in [6.45, 7) is 0. The minimum absolute atomic E-state index is 0.157. The van der Waals surface area contributed by atoms with Crippen molar-refractivity contribution in [3.05, 3.63) is 320 Å². The predicted octanol–water partition coefficient (Wildman–Crippen LogP) is 22.1. The third-order valence-corrected chi connectivity index (χ3v) is 19.9. The average Bonchev–Trinajstić information content (AvgIpc) is 1.58. The van der Waals surface area contributed by atoms with Gasteiger partial charge in [-0.3, -0.25) is 0 Å². The first-order valence-corrected chi connectivity index (χ1v) is 31.8. The summed E-state index contributed by atoms with van der Waals surface area (Å²) in [6, 6.07) is 109. The molecule has 20 rings (SSSR count). The summed E-state index contributed by atoms with van der Waals surface area (Å²) >= 11 is 0. The molecule has 0 spiro atoms. The van der Waals surface area contributed by atoms with Gasteiger partial charge < -0.3 is 18.3 Å². The van der Waals surface area contributed by atoms with Gasteiger partial charge in [-0.25, -0.2) is 9.97 Å². The normalized spacial score (nSPS) is 13.5. The first-order valence-electron chi connectivity index (χ1n) is 31.8. The maximum atomic E-state index is 5.64. The van der Waals surface area contributed by atoms with Crippen LogP contribution in [0, 0.1) is 0 Å². The third kappa shape index (κ3) is 7.26. The summed E-state index contributed by atoms with van der Waals surface area (Å²) in [5.74, 6) is 0.848. The molecule has 6 heteroatoms. The van der Waals surface area contributed by atoms with Gasteiger partial charge >= 0.3 is 0 Å². The van der Waals surface area contributed by atoms with Crippen LogP contribution in [0.5, 0.6) is 0 Å². The van der Waals surface area contributed by atoms with Crippen LogP contribution in [0.1, 0.15) is 29.2 Å². The highest BCUT2D eigenvalue weighted by Gasteiger charge is 2.32. The Morgan fingerprint density at radius 1 is 0.293 bits per heavy atom. The lowest BCUT2D eigenvalue weighted by Crippen LogP contribution is -2.07. The Morgan fingerprint density at radius 3 is 1.30 bits per heavy atom. The van der Waals surface area contributed by atoms with Gasteiger partial charge in [0.05, 0.1) is 55.7 Å². The van der Waals surface area contributed by atoms with Crippen molar-refractivity contribution in [2.24, 2.45) is 0 Å². The van der Waals surface area contributed by atoms with E-state index in [0.717, 1.165) is 68.2 Å². The Hall–Kier alpha value is -12.1. The molecule has 13 aromatic carbocycles. The van der Waals surface area contributed by atoms with Crippen LogP contribution in [0.4, 0.5) is 0 Å². The van der Waals surface area contributed by atoms with Gasteiger partial charge in [0.1, 0.15) is 0 Å². The van der Waals surface area contributed by atoms with Crippen molar-refractivity contribution < 1.29 is 0 Å². The molecule has 1 atom stereocenters. The van der Waals surface area contributed by atoms with Crippen LogP contribution >= 0.6 is 0 Å². The maximum absolute atomic E-state index is 5.64. The molecular formula is C86H54N6. The molecule has 2 aliphatic carbocycles. The fraction of sp³-hybridized carbons (Fsp3) is 0.0233. The van der Waals surface area contributed by atoms with Crippen molar-refractivity contribution in [3.8, 4) is 78.9 Å². The van der Waals surface area contributed by atoms with Crippen LogP contribution in [0.15, 0.2) is 303 Å². The molecule has 18 aromatic rings. The Balaban J connectivity index is 0.708. The molecule has 0 fully saturated rings. The van der Waals surface area contributed by atoms with Crippen LogP contribution in [-0.4, -0.2) is 28.2 Å². The second-order valence-corrected chi connectivity index (χ2v) is 24.6. The molecule has 0 aliphatic heterocycles. The molecule has 0 bridgehead atoms. The summed E-state index contributed by atoms with van der Waals surface area (Å²) in [7, 11) is 0. The van der Waals surface area contributed by atoms with Crippen molar-refractivity contribution in [2.75, 3.05) is 0 Å². The van der Waals surface area contributed by atoms with Crippen LogP contribution in [-0.2, 0) is 0 Å². The fourth-order valence-electron chi connectivity index (χ4n) is 16.1. The molecule has 0 saturated carbocycles. The van der Waals surface area contributed by atoms with E-state index in [9.17, 15) is 0 Å². The van der Waals surface area contributed by atoms with Crippen LogP contribution in [0.3, 0.4) is 0 Å².